The van der Waals surface area contributed by atoms with Crippen LogP contribution in [0.5, 0.6) is 0 Å². The van der Waals surface area contributed by atoms with Crippen molar-refractivity contribution < 1.29 is 17.9 Å². The number of halogens is 1. The summed E-state index contributed by atoms with van der Waals surface area (Å²) in [4.78, 5) is 1.69. The van der Waals surface area contributed by atoms with E-state index in [9.17, 15) is 17.9 Å². The Morgan fingerprint density at radius 1 is 1.35 bits per heavy atom. The molecule has 1 rings (SSSR count). The number of aliphatic hydroxyl groups is 1. The molecular formula is C14H22FNO3S. The average molecular weight is 303 g/mol. The summed E-state index contributed by atoms with van der Waals surface area (Å²) >= 11 is 0. The van der Waals surface area contributed by atoms with Crippen LogP contribution in [-0.2, 0) is 9.84 Å². The molecule has 1 aromatic rings. The van der Waals surface area contributed by atoms with Crippen LogP contribution in [0.3, 0.4) is 0 Å². The van der Waals surface area contributed by atoms with Gasteiger partial charge < -0.3 is 10.0 Å². The second-order valence-electron chi connectivity index (χ2n) is 5.77. The monoisotopic (exact) mass is 303 g/mol. The number of hydrogen-bond acceptors (Lipinski definition) is 4. The van der Waals surface area contributed by atoms with Gasteiger partial charge in [-0.05, 0) is 27.0 Å². The quantitative estimate of drug-likeness (QED) is 0.867. The first kappa shape index (κ1) is 17.1. The second kappa shape index (κ2) is 6.20. The van der Waals surface area contributed by atoms with Gasteiger partial charge in [0.05, 0.1) is 10.9 Å². The number of rotatable bonds is 6. The summed E-state index contributed by atoms with van der Waals surface area (Å²) in [6.07, 6.45) is 0.199. The maximum Gasteiger partial charge on any atom is 0.153 e. The predicted octanol–water partition coefficient (Wildman–Crippen LogP) is 1.61. The average Bonchev–Trinajstić information content (AvgIpc) is 2.26. The van der Waals surface area contributed by atoms with Gasteiger partial charge in [0.2, 0.25) is 0 Å². The maximum absolute atomic E-state index is 13.5. The molecule has 1 N–H and O–H groups in total. The fourth-order valence-electron chi connectivity index (χ4n) is 1.97. The smallest absolute Gasteiger partial charge is 0.153 e. The Bertz CT molecular complexity index is 557. The van der Waals surface area contributed by atoms with E-state index in [4.69, 9.17) is 0 Å². The summed E-state index contributed by atoms with van der Waals surface area (Å²) in [5, 5.41) is 10.0. The van der Waals surface area contributed by atoms with Gasteiger partial charge in [0.1, 0.15) is 5.82 Å². The minimum absolute atomic E-state index is 0.167. The molecule has 1 atom stereocenters. The lowest BCUT2D eigenvalue weighted by Gasteiger charge is -2.30. The van der Waals surface area contributed by atoms with E-state index in [2.05, 4.69) is 0 Å². The molecule has 4 nitrogen and oxygen atoms in total. The molecule has 0 saturated heterocycles. The van der Waals surface area contributed by atoms with Gasteiger partial charge in [-0.1, -0.05) is 18.2 Å². The van der Waals surface area contributed by atoms with E-state index in [0.29, 0.717) is 0 Å². The van der Waals surface area contributed by atoms with Crippen LogP contribution >= 0.6 is 0 Å². The minimum atomic E-state index is -3.20. The Balaban J connectivity index is 2.73. The van der Waals surface area contributed by atoms with Crippen molar-refractivity contribution in [3.05, 3.63) is 35.6 Å². The van der Waals surface area contributed by atoms with Crippen LogP contribution in [0, 0.1) is 5.82 Å². The lowest BCUT2D eigenvalue weighted by atomic mass is 10.1. The molecule has 0 heterocycles. The lowest BCUT2D eigenvalue weighted by Crippen LogP contribution is -2.43. The van der Waals surface area contributed by atoms with Gasteiger partial charge in [-0.15, -0.1) is 0 Å². The number of benzene rings is 1. The molecule has 0 aliphatic carbocycles. The van der Waals surface area contributed by atoms with Gasteiger partial charge in [-0.25, -0.2) is 12.8 Å². The standard InChI is InChI=1S/C14H22FNO3S/c1-14(2,20(4,18)19)10-16(3)9-13(17)11-7-5-6-8-12(11)15/h5-8,13,17H,9-10H2,1-4H3. The first-order valence-electron chi connectivity index (χ1n) is 6.35. The SMILES string of the molecule is CN(CC(O)c1ccccc1F)CC(C)(C)S(C)(=O)=O. The Kier molecular flexibility index (Phi) is 5.29. The third-order valence-corrected chi connectivity index (χ3v) is 5.54. The highest BCUT2D eigenvalue weighted by atomic mass is 32.2. The van der Waals surface area contributed by atoms with Crippen LogP contribution < -0.4 is 0 Å². The molecule has 114 valence electrons. The highest BCUT2D eigenvalue weighted by Gasteiger charge is 2.32. The molecule has 0 amide bonds. The largest absolute Gasteiger partial charge is 0.387 e. The predicted molar refractivity (Wildman–Crippen MR) is 77.8 cm³/mol. The maximum atomic E-state index is 13.5. The molecule has 1 aromatic carbocycles. The van der Waals surface area contributed by atoms with E-state index >= 15 is 0 Å². The van der Waals surface area contributed by atoms with E-state index in [0.717, 1.165) is 0 Å². The van der Waals surface area contributed by atoms with Crippen LogP contribution in [-0.4, -0.2) is 49.6 Å². The normalized spacial score (nSPS) is 14.6. The number of likely N-dealkylation sites (N-methyl/N-ethyl adjacent to an activating group) is 1. The summed E-state index contributed by atoms with van der Waals surface area (Å²) in [6, 6.07) is 6.03. The summed E-state index contributed by atoms with van der Waals surface area (Å²) in [7, 11) is -1.50. The number of hydrogen-bond donors (Lipinski definition) is 1. The zero-order valence-corrected chi connectivity index (χ0v) is 13.1. The second-order valence-corrected chi connectivity index (χ2v) is 8.42. The number of aliphatic hydroxyl groups excluding tert-OH is 1. The van der Waals surface area contributed by atoms with Gasteiger partial charge in [0.15, 0.2) is 9.84 Å². The van der Waals surface area contributed by atoms with Crippen LogP contribution in [0.25, 0.3) is 0 Å². The Morgan fingerprint density at radius 2 is 1.90 bits per heavy atom. The van der Waals surface area contributed by atoms with Crippen molar-refractivity contribution in [2.75, 3.05) is 26.4 Å². The van der Waals surface area contributed by atoms with Gasteiger partial charge in [0.25, 0.3) is 0 Å². The third-order valence-electron chi connectivity index (χ3n) is 3.40. The molecule has 0 saturated carbocycles. The molecule has 6 heteroatoms. The van der Waals surface area contributed by atoms with Crippen molar-refractivity contribution in [3.8, 4) is 0 Å². The molecule has 0 aromatic heterocycles. The fourth-order valence-corrected chi connectivity index (χ4v) is 2.43. The third kappa shape index (κ3) is 4.26. The molecule has 0 aliphatic heterocycles. The van der Waals surface area contributed by atoms with Crippen molar-refractivity contribution in [3.63, 3.8) is 0 Å². The molecule has 0 fully saturated rings. The van der Waals surface area contributed by atoms with Gasteiger partial charge in [0, 0.05) is 24.9 Å². The van der Waals surface area contributed by atoms with Crippen LogP contribution in [0.1, 0.15) is 25.5 Å². The highest BCUT2D eigenvalue weighted by molar-refractivity contribution is 7.92. The van der Waals surface area contributed by atoms with Gasteiger partial charge in [-0.2, -0.15) is 0 Å². The molecular weight excluding hydrogens is 281 g/mol. The zero-order chi connectivity index (χ0) is 15.6. The van der Waals surface area contributed by atoms with E-state index in [1.807, 2.05) is 0 Å². The molecule has 0 radical (unpaired) electrons. The zero-order valence-electron chi connectivity index (χ0n) is 12.3. The summed E-state index contributed by atoms with van der Waals surface area (Å²) < 4.78 is 35.9. The van der Waals surface area contributed by atoms with Gasteiger partial charge >= 0.3 is 0 Å². The summed E-state index contributed by atoms with van der Waals surface area (Å²) in [5.41, 5.74) is 0.219. The van der Waals surface area contributed by atoms with Gasteiger partial charge in [-0.3, -0.25) is 0 Å². The Morgan fingerprint density at radius 3 is 2.40 bits per heavy atom. The molecule has 20 heavy (non-hydrogen) atoms. The van der Waals surface area contributed by atoms with Crippen LogP contribution in [0.2, 0.25) is 0 Å². The number of sulfone groups is 1. The van der Waals surface area contributed by atoms with Crippen molar-refractivity contribution >= 4 is 9.84 Å². The van der Waals surface area contributed by atoms with E-state index in [-0.39, 0.29) is 18.7 Å². The molecule has 0 spiro atoms. The summed E-state index contributed by atoms with van der Waals surface area (Å²) in [6.45, 7) is 3.69. The first-order valence-corrected chi connectivity index (χ1v) is 8.24. The van der Waals surface area contributed by atoms with E-state index in [1.54, 1.807) is 37.9 Å². The Hall–Kier alpha value is -0.980. The van der Waals surface area contributed by atoms with Crippen molar-refractivity contribution in [2.45, 2.75) is 24.7 Å². The van der Waals surface area contributed by atoms with E-state index in [1.165, 1.54) is 18.4 Å². The number of nitrogens with zero attached hydrogens (tertiary/aromatic N) is 1. The minimum Gasteiger partial charge on any atom is -0.387 e. The lowest BCUT2D eigenvalue weighted by molar-refractivity contribution is 0.119. The van der Waals surface area contributed by atoms with Crippen LogP contribution in [0.4, 0.5) is 4.39 Å². The topological polar surface area (TPSA) is 57.6 Å². The van der Waals surface area contributed by atoms with E-state index < -0.39 is 26.5 Å². The highest BCUT2D eigenvalue weighted by Crippen LogP contribution is 2.20. The summed E-state index contributed by atoms with van der Waals surface area (Å²) in [5.74, 6) is -0.462. The van der Waals surface area contributed by atoms with Crippen molar-refractivity contribution in [2.24, 2.45) is 0 Å². The molecule has 1 unspecified atom stereocenters. The van der Waals surface area contributed by atoms with Crippen molar-refractivity contribution in [1.29, 1.82) is 0 Å². The fraction of sp³-hybridized carbons (Fsp3) is 0.571. The molecule has 0 bridgehead atoms. The Labute approximate surface area is 120 Å². The van der Waals surface area contributed by atoms with Crippen molar-refractivity contribution in [1.82, 2.24) is 4.90 Å². The first-order chi connectivity index (χ1) is 9.04. The van der Waals surface area contributed by atoms with Crippen LogP contribution in [0.15, 0.2) is 24.3 Å². The molecule has 0 aliphatic rings.